The van der Waals surface area contributed by atoms with E-state index in [1.165, 1.54) is 21.5 Å². The standard InChI is InChI=1S/C25H22BrP.FH/c26-27(23-15-7-2-8-16-23,24-17-9-3-10-18-24,25-19-11-4-12-20-25)21-22-13-5-1-6-14-22;/h1-20H,21H2;1H. The fourth-order valence-corrected chi connectivity index (χ4v) is 11.6. The first-order chi connectivity index (χ1) is 13.2. The van der Waals surface area contributed by atoms with Crippen molar-refractivity contribution < 1.29 is 4.70 Å². The Morgan fingerprint density at radius 2 is 0.750 bits per heavy atom. The molecule has 0 aromatic heterocycles. The van der Waals surface area contributed by atoms with E-state index < -0.39 is 5.31 Å². The quantitative estimate of drug-likeness (QED) is 0.317. The summed E-state index contributed by atoms with van der Waals surface area (Å²) >= 11 is 4.48. The summed E-state index contributed by atoms with van der Waals surface area (Å²) in [5, 5.41) is 1.19. The van der Waals surface area contributed by atoms with Crippen LogP contribution >= 0.6 is 20.8 Å². The van der Waals surface area contributed by atoms with Crippen LogP contribution in [0.5, 0.6) is 0 Å². The van der Waals surface area contributed by atoms with Gasteiger partial charge in [-0.2, -0.15) is 0 Å². The van der Waals surface area contributed by atoms with E-state index in [1.807, 2.05) is 0 Å². The van der Waals surface area contributed by atoms with Gasteiger partial charge >= 0.3 is 170 Å². The molecule has 0 amide bonds. The zero-order chi connectivity index (χ0) is 18.6. The first kappa shape index (κ1) is 20.5. The molecule has 4 rings (SSSR count). The van der Waals surface area contributed by atoms with Gasteiger partial charge in [-0.1, -0.05) is 0 Å². The van der Waals surface area contributed by atoms with E-state index in [0.717, 1.165) is 6.16 Å². The molecule has 0 heterocycles. The Kier molecular flexibility index (Phi) is 6.13. The van der Waals surface area contributed by atoms with E-state index in [2.05, 4.69) is 137 Å². The second kappa shape index (κ2) is 8.39. The monoisotopic (exact) mass is 452 g/mol. The summed E-state index contributed by atoms with van der Waals surface area (Å²) in [6, 6.07) is 43.6. The molecule has 0 fully saturated rings. The zero-order valence-corrected chi connectivity index (χ0v) is 18.0. The summed E-state index contributed by atoms with van der Waals surface area (Å²) in [4.78, 5) is 0. The van der Waals surface area contributed by atoms with Crippen molar-refractivity contribution in [2.45, 2.75) is 6.16 Å². The predicted molar refractivity (Wildman–Crippen MR) is 127 cm³/mol. The van der Waals surface area contributed by atoms with Gasteiger partial charge in [-0.15, -0.1) is 0 Å². The van der Waals surface area contributed by atoms with Gasteiger partial charge in [0.1, 0.15) is 0 Å². The van der Waals surface area contributed by atoms with Gasteiger partial charge in [-0.25, -0.2) is 0 Å². The molecule has 4 aromatic carbocycles. The van der Waals surface area contributed by atoms with E-state index in [0.29, 0.717) is 0 Å². The van der Waals surface area contributed by atoms with Gasteiger partial charge in [-0.3, -0.25) is 4.70 Å². The van der Waals surface area contributed by atoms with Crippen LogP contribution in [-0.2, 0) is 6.16 Å². The molecule has 0 saturated carbocycles. The van der Waals surface area contributed by atoms with E-state index in [4.69, 9.17) is 0 Å². The Labute approximate surface area is 174 Å². The topological polar surface area (TPSA) is 0 Å². The molecule has 4 aromatic rings. The van der Waals surface area contributed by atoms with E-state index >= 15 is 0 Å². The summed E-state index contributed by atoms with van der Waals surface area (Å²) in [6.07, 6.45) is 0.935. The third kappa shape index (κ3) is 3.43. The van der Waals surface area contributed by atoms with Crippen molar-refractivity contribution in [2.24, 2.45) is 0 Å². The molecule has 0 unspecified atom stereocenters. The van der Waals surface area contributed by atoms with Crippen LogP contribution in [0.25, 0.3) is 0 Å². The van der Waals surface area contributed by atoms with Crippen LogP contribution in [0, 0.1) is 0 Å². The Hall–Kier alpha value is -2.28. The van der Waals surface area contributed by atoms with Crippen LogP contribution in [-0.4, -0.2) is 0 Å². The maximum Gasteiger partial charge on any atom is -0.269 e. The molecule has 0 N–H and O–H groups in total. The van der Waals surface area contributed by atoms with Crippen LogP contribution in [0.4, 0.5) is 4.70 Å². The average molecular weight is 453 g/mol. The summed E-state index contributed by atoms with van der Waals surface area (Å²) in [5.41, 5.74) is 1.34. The van der Waals surface area contributed by atoms with Gasteiger partial charge in [0, 0.05) is 0 Å². The van der Waals surface area contributed by atoms with Crippen molar-refractivity contribution in [3.05, 3.63) is 127 Å². The first-order valence-electron chi connectivity index (χ1n) is 9.15. The Morgan fingerprint density at radius 1 is 0.464 bits per heavy atom. The van der Waals surface area contributed by atoms with Crippen LogP contribution < -0.4 is 15.9 Å². The maximum absolute atomic E-state index is 4.48. The Balaban J connectivity index is 0.00000225. The van der Waals surface area contributed by atoms with Crippen molar-refractivity contribution in [1.29, 1.82) is 0 Å². The molecule has 3 heteroatoms. The first-order valence-corrected chi connectivity index (χ1v) is 13.6. The molecule has 0 bridgehead atoms. The summed E-state index contributed by atoms with van der Waals surface area (Å²) in [5.74, 6) is 0. The van der Waals surface area contributed by atoms with Gasteiger partial charge in [-0.05, 0) is 0 Å². The van der Waals surface area contributed by atoms with E-state index in [1.54, 1.807) is 0 Å². The minimum atomic E-state index is -2.87. The normalized spacial score (nSPS) is 12.4. The smallest absolute Gasteiger partial charge is 0.269 e. The second-order valence-electron chi connectivity index (χ2n) is 6.83. The molecular formula is C25H23BrFP. The minimum absolute atomic E-state index is 0. The molecule has 0 aliphatic carbocycles. The van der Waals surface area contributed by atoms with Gasteiger partial charge in [0.15, 0.2) is 0 Å². The van der Waals surface area contributed by atoms with E-state index in [-0.39, 0.29) is 4.70 Å². The zero-order valence-electron chi connectivity index (χ0n) is 15.5. The molecule has 0 aliphatic rings. The van der Waals surface area contributed by atoms with Crippen LogP contribution in [0.15, 0.2) is 121 Å². The maximum atomic E-state index is 4.48. The molecule has 0 radical (unpaired) electrons. The number of halogens is 2. The summed E-state index contributed by atoms with van der Waals surface area (Å²) in [7, 11) is 0. The van der Waals surface area contributed by atoms with Crippen molar-refractivity contribution in [3.63, 3.8) is 0 Å². The summed E-state index contributed by atoms with van der Waals surface area (Å²) in [6.45, 7) is 0. The Bertz CT molecular complexity index is 906. The van der Waals surface area contributed by atoms with Crippen LogP contribution in [0.2, 0.25) is 0 Å². The van der Waals surface area contributed by atoms with Gasteiger partial charge in [0.25, 0.3) is 0 Å². The summed E-state index contributed by atoms with van der Waals surface area (Å²) < 4.78 is 0. The van der Waals surface area contributed by atoms with Gasteiger partial charge in [0.05, 0.1) is 0 Å². The molecule has 0 nitrogen and oxygen atoms in total. The second-order valence-corrected chi connectivity index (χ2v) is 15.8. The molecule has 28 heavy (non-hydrogen) atoms. The van der Waals surface area contributed by atoms with Crippen molar-refractivity contribution >= 4 is 36.7 Å². The largest absolute Gasteiger partial charge is 0.269 e. The average Bonchev–Trinajstić information content (AvgIpc) is 2.76. The molecular weight excluding hydrogens is 430 g/mol. The molecule has 0 saturated heterocycles. The molecule has 0 atom stereocenters. The van der Waals surface area contributed by atoms with Gasteiger partial charge < -0.3 is 0 Å². The fraction of sp³-hybridized carbons (Fsp3) is 0.0400. The third-order valence-electron chi connectivity index (χ3n) is 5.21. The van der Waals surface area contributed by atoms with Crippen LogP contribution in [0.1, 0.15) is 5.56 Å². The Morgan fingerprint density at radius 3 is 1.07 bits per heavy atom. The number of hydrogen-bond donors (Lipinski definition) is 0. The fourth-order valence-electron chi connectivity index (χ4n) is 3.86. The number of hydrogen-bond acceptors (Lipinski definition) is 0. The van der Waals surface area contributed by atoms with Crippen molar-refractivity contribution in [2.75, 3.05) is 0 Å². The SMILES string of the molecule is BrP(Cc1ccccc1)(c1ccccc1)(c1ccccc1)c1ccccc1.F. The number of rotatable bonds is 5. The van der Waals surface area contributed by atoms with E-state index in [9.17, 15) is 0 Å². The molecule has 142 valence electrons. The van der Waals surface area contributed by atoms with Gasteiger partial charge in [0.2, 0.25) is 0 Å². The minimum Gasteiger partial charge on any atom is -0.269 e. The predicted octanol–water partition coefficient (Wildman–Crippen LogP) is 6.18. The van der Waals surface area contributed by atoms with Crippen molar-refractivity contribution in [3.8, 4) is 0 Å². The number of benzene rings is 4. The molecule has 0 aliphatic heterocycles. The van der Waals surface area contributed by atoms with Crippen molar-refractivity contribution in [1.82, 2.24) is 0 Å². The third-order valence-corrected chi connectivity index (χ3v) is 14.7. The van der Waals surface area contributed by atoms with Crippen LogP contribution in [0.3, 0.4) is 0 Å². The molecule has 0 spiro atoms.